The van der Waals surface area contributed by atoms with Crippen molar-refractivity contribution in [3.8, 4) is 5.88 Å². The Morgan fingerprint density at radius 2 is 1.83 bits per heavy atom. The van der Waals surface area contributed by atoms with Gasteiger partial charge in [-0.1, -0.05) is 6.07 Å². The first-order valence-corrected chi connectivity index (χ1v) is 11.2. The third kappa shape index (κ3) is 5.53. The summed E-state index contributed by atoms with van der Waals surface area (Å²) >= 11 is 0. The second kappa shape index (κ2) is 10.4. The SMILES string of the molecule is CCOC(=O)c1cccc(C2=C(c3cc(C(F)(F)F)cnc3OCc3ccc(F)cc3F)CCC2)n1. The molecule has 0 radical (unpaired) electrons. The smallest absolute Gasteiger partial charge is 0.417 e. The number of carbonyl (C=O) groups excluding carboxylic acids is 1. The summed E-state index contributed by atoms with van der Waals surface area (Å²) in [4.78, 5) is 20.4. The monoisotopic (exact) mass is 504 g/mol. The molecule has 1 aromatic carbocycles. The highest BCUT2D eigenvalue weighted by molar-refractivity contribution is 5.94. The number of halogens is 5. The molecule has 3 aromatic rings. The van der Waals surface area contributed by atoms with Crippen LogP contribution in [0.25, 0.3) is 11.1 Å². The van der Waals surface area contributed by atoms with Crippen LogP contribution in [0.15, 0.2) is 48.7 Å². The van der Waals surface area contributed by atoms with Crippen molar-refractivity contribution in [3.05, 3.63) is 88.4 Å². The molecular formula is C26H21F5N2O3. The summed E-state index contributed by atoms with van der Waals surface area (Å²) in [5, 5.41) is 0. The van der Waals surface area contributed by atoms with Crippen LogP contribution in [-0.4, -0.2) is 22.5 Å². The Balaban J connectivity index is 1.76. The van der Waals surface area contributed by atoms with Gasteiger partial charge in [-0.2, -0.15) is 13.2 Å². The van der Waals surface area contributed by atoms with Crippen LogP contribution in [-0.2, 0) is 17.5 Å². The van der Waals surface area contributed by atoms with Gasteiger partial charge in [0, 0.05) is 23.4 Å². The Hall–Kier alpha value is -3.82. The van der Waals surface area contributed by atoms with E-state index >= 15 is 0 Å². The number of aromatic nitrogens is 2. The Kier molecular flexibility index (Phi) is 7.32. The number of esters is 1. The normalized spacial score (nSPS) is 13.7. The summed E-state index contributed by atoms with van der Waals surface area (Å²) in [6, 6.07) is 8.67. The number of hydrogen-bond acceptors (Lipinski definition) is 5. The summed E-state index contributed by atoms with van der Waals surface area (Å²) in [7, 11) is 0. The van der Waals surface area contributed by atoms with Crippen LogP contribution < -0.4 is 4.74 Å². The Labute approximate surface area is 203 Å². The van der Waals surface area contributed by atoms with E-state index in [9.17, 15) is 26.7 Å². The third-order valence-electron chi connectivity index (χ3n) is 5.64. The molecule has 10 heteroatoms. The molecule has 0 N–H and O–H groups in total. The zero-order valence-corrected chi connectivity index (χ0v) is 19.2. The Bertz CT molecular complexity index is 1320. The van der Waals surface area contributed by atoms with Crippen molar-refractivity contribution in [3.63, 3.8) is 0 Å². The number of benzene rings is 1. The molecule has 0 bridgehead atoms. The van der Waals surface area contributed by atoms with E-state index in [4.69, 9.17) is 9.47 Å². The number of nitrogens with zero attached hydrogens (tertiary/aromatic N) is 2. The topological polar surface area (TPSA) is 61.3 Å². The summed E-state index contributed by atoms with van der Waals surface area (Å²) in [6.45, 7) is 1.47. The van der Waals surface area contributed by atoms with Crippen LogP contribution >= 0.6 is 0 Å². The molecule has 0 unspecified atom stereocenters. The molecule has 1 aliphatic carbocycles. The van der Waals surface area contributed by atoms with Gasteiger partial charge in [0.25, 0.3) is 0 Å². The van der Waals surface area contributed by atoms with Gasteiger partial charge in [-0.15, -0.1) is 0 Å². The van der Waals surface area contributed by atoms with E-state index in [0.717, 1.165) is 12.1 Å². The van der Waals surface area contributed by atoms with Crippen molar-refractivity contribution in [1.82, 2.24) is 9.97 Å². The third-order valence-corrected chi connectivity index (χ3v) is 5.64. The first-order chi connectivity index (χ1) is 17.2. The molecule has 0 saturated carbocycles. The van der Waals surface area contributed by atoms with Gasteiger partial charge in [-0.3, -0.25) is 0 Å². The zero-order chi connectivity index (χ0) is 25.9. The van der Waals surface area contributed by atoms with E-state index in [2.05, 4.69) is 9.97 Å². The van der Waals surface area contributed by atoms with E-state index in [1.54, 1.807) is 19.1 Å². The molecule has 188 valence electrons. The van der Waals surface area contributed by atoms with Crippen molar-refractivity contribution < 1.29 is 36.2 Å². The number of pyridine rings is 2. The molecule has 2 aromatic heterocycles. The molecular weight excluding hydrogens is 483 g/mol. The number of ether oxygens (including phenoxy) is 2. The van der Waals surface area contributed by atoms with E-state index in [1.807, 2.05) is 0 Å². The van der Waals surface area contributed by atoms with Gasteiger partial charge in [-0.25, -0.2) is 23.5 Å². The molecule has 2 heterocycles. The van der Waals surface area contributed by atoms with Crippen LogP contribution in [0.4, 0.5) is 22.0 Å². The molecule has 0 atom stereocenters. The minimum atomic E-state index is -4.65. The average molecular weight is 504 g/mol. The van der Waals surface area contributed by atoms with Crippen molar-refractivity contribution in [1.29, 1.82) is 0 Å². The minimum Gasteiger partial charge on any atom is -0.472 e. The van der Waals surface area contributed by atoms with Crippen molar-refractivity contribution in [2.45, 2.75) is 39.0 Å². The van der Waals surface area contributed by atoms with E-state index in [0.29, 0.717) is 48.4 Å². The fourth-order valence-electron chi connectivity index (χ4n) is 3.97. The van der Waals surface area contributed by atoms with Crippen LogP contribution in [0.2, 0.25) is 0 Å². The quantitative estimate of drug-likeness (QED) is 0.267. The second-order valence-corrected chi connectivity index (χ2v) is 8.04. The van der Waals surface area contributed by atoms with Crippen molar-refractivity contribution >= 4 is 17.1 Å². The van der Waals surface area contributed by atoms with Crippen LogP contribution in [0, 0.1) is 11.6 Å². The zero-order valence-electron chi connectivity index (χ0n) is 19.2. The van der Waals surface area contributed by atoms with Crippen LogP contribution in [0.5, 0.6) is 5.88 Å². The number of hydrogen-bond donors (Lipinski definition) is 0. The largest absolute Gasteiger partial charge is 0.472 e. The standard InChI is InChI=1S/C26H21F5N2O3/c1-2-35-25(34)23-8-4-7-22(33-23)19-6-3-5-18(19)20-11-16(26(29,30)31)13-32-24(20)36-14-15-9-10-17(27)12-21(15)28/h4,7-13H,2-3,5-6,14H2,1H3. The summed E-state index contributed by atoms with van der Waals surface area (Å²) in [6.07, 6.45) is -2.43. The highest BCUT2D eigenvalue weighted by Gasteiger charge is 2.33. The predicted octanol–water partition coefficient (Wildman–Crippen LogP) is 6.62. The molecule has 0 fully saturated rings. The number of carbonyl (C=O) groups is 1. The molecule has 0 aliphatic heterocycles. The van der Waals surface area contributed by atoms with Crippen molar-refractivity contribution in [2.75, 3.05) is 6.61 Å². The lowest BCUT2D eigenvalue weighted by Gasteiger charge is -2.16. The minimum absolute atomic E-state index is 0.0217. The molecule has 36 heavy (non-hydrogen) atoms. The van der Waals surface area contributed by atoms with Crippen LogP contribution in [0.3, 0.4) is 0 Å². The highest BCUT2D eigenvalue weighted by Crippen LogP contribution is 2.43. The van der Waals surface area contributed by atoms with Gasteiger partial charge in [0.05, 0.1) is 17.9 Å². The lowest BCUT2D eigenvalue weighted by molar-refractivity contribution is -0.137. The van der Waals surface area contributed by atoms with Gasteiger partial charge < -0.3 is 9.47 Å². The molecule has 0 saturated heterocycles. The molecule has 1 aliphatic rings. The fourth-order valence-corrected chi connectivity index (χ4v) is 3.97. The van der Waals surface area contributed by atoms with Gasteiger partial charge >= 0.3 is 12.1 Å². The van der Waals surface area contributed by atoms with E-state index in [-0.39, 0.29) is 35.9 Å². The number of alkyl halides is 3. The summed E-state index contributed by atoms with van der Waals surface area (Å²) in [5.41, 5.74) is 0.859. The lowest BCUT2D eigenvalue weighted by Crippen LogP contribution is -2.09. The first-order valence-electron chi connectivity index (χ1n) is 11.2. The molecule has 0 amide bonds. The van der Waals surface area contributed by atoms with Gasteiger partial charge in [-0.05, 0) is 67.7 Å². The Morgan fingerprint density at radius 3 is 2.56 bits per heavy atom. The van der Waals surface area contributed by atoms with Gasteiger partial charge in [0.2, 0.25) is 5.88 Å². The fraction of sp³-hybridized carbons (Fsp3) is 0.269. The van der Waals surface area contributed by atoms with Gasteiger partial charge in [0.15, 0.2) is 0 Å². The second-order valence-electron chi connectivity index (χ2n) is 8.04. The van der Waals surface area contributed by atoms with Crippen molar-refractivity contribution in [2.24, 2.45) is 0 Å². The maximum absolute atomic E-state index is 14.1. The summed E-state index contributed by atoms with van der Waals surface area (Å²) in [5.74, 6) is -2.33. The molecule has 5 nitrogen and oxygen atoms in total. The van der Waals surface area contributed by atoms with Gasteiger partial charge in [0.1, 0.15) is 23.9 Å². The molecule has 4 rings (SSSR count). The highest BCUT2D eigenvalue weighted by atomic mass is 19.4. The maximum Gasteiger partial charge on any atom is 0.417 e. The summed E-state index contributed by atoms with van der Waals surface area (Å²) < 4.78 is 78.5. The predicted molar refractivity (Wildman–Crippen MR) is 121 cm³/mol. The van der Waals surface area contributed by atoms with Crippen LogP contribution in [0.1, 0.15) is 59.1 Å². The number of allylic oxidation sites excluding steroid dienone is 2. The Morgan fingerprint density at radius 1 is 1.06 bits per heavy atom. The van der Waals surface area contributed by atoms with E-state index < -0.39 is 29.3 Å². The first kappa shape index (κ1) is 25.3. The molecule has 0 spiro atoms. The maximum atomic E-state index is 14.1. The lowest BCUT2D eigenvalue weighted by atomic mass is 9.99. The average Bonchev–Trinajstić information content (AvgIpc) is 3.33. The van der Waals surface area contributed by atoms with E-state index in [1.165, 1.54) is 12.1 Å². The number of rotatable bonds is 7.